The first kappa shape index (κ1) is 23.8. The summed E-state index contributed by atoms with van der Waals surface area (Å²) in [6, 6.07) is 8.02. The Morgan fingerprint density at radius 2 is 2.00 bits per heavy atom. The lowest BCUT2D eigenvalue weighted by Gasteiger charge is -2.28. The normalized spacial score (nSPS) is 19.6. The zero-order valence-electron chi connectivity index (χ0n) is 19.3. The number of ether oxygens (including phenoxy) is 2. The number of methoxy groups -OCH3 is 1. The number of oxime groups is 1. The maximum atomic E-state index is 12.7. The van der Waals surface area contributed by atoms with E-state index in [1.807, 2.05) is 18.2 Å². The van der Waals surface area contributed by atoms with Crippen molar-refractivity contribution >= 4 is 17.7 Å². The Bertz CT molecular complexity index is 830. The van der Waals surface area contributed by atoms with Crippen molar-refractivity contribution in [2.24, 2.45) is 5.16 Å². The Morgan fingerprint density at radius 3 is 2.69 bits per heavy atom. The zero-order chi connectivity index (χ0) is 23.1. The Balaban J connectivity index is 1.51. The predicted octanol–water partition coefficient (Wildman–Crippen LogP) is 2.62. The van der Waals surface area contributed by atoms with Gasteiger partial charge in [0.05, 0.1) is 19.7 Å². The van der Waals surface area contributed by atoms with Crippen LogP contribution in [0, 0.1) is 0 Å². The second-order valence-electron chi connectivity index (χ2n) is 9.10. The van der Waals surface area contributed by atoms with Gasteiger partial charge >= 0.3 is 6.09 Å². The van der Waals surface area contributed by atoms with Crippen molar-refractivity contribution in [1.82, 2.24) is 15.5 Å². The fraction of sp³-hybridized carbons (Fsp3) is 0.609. The van der Waals surface area contributed by atoms with Gasteiger partial charge < -0.3 is 24.9 Å². The van der Waals surface area contributed by atoms with Gasteiger partial charge in [0.15, 0.2) is 6.10 Å². The van der Waals surface area contributed by atoms with E-state index < -0.39 is 17.8 Å². The molecular weight excluding hydrogens is 412 g/mol. The second-order valence-corrected chi connectivity index (χ2v) is 9.10. The largest absolute Gasteiger partial charge is 0.497 e. The monoisotopic (exact) mass is 446 g/mol. The van der Waals surface area contributed by atoms with Gasteiger partial charge in [0.1, 0.15) is 17.1 Å². The minimum Gasteiger partial charge on any atom is -0.497 e. The standard InChI is InChI=1S/C23H34N4O5/c1-23(2,3)31-22(29)25-14-18-13-19(26-32-18)21(28)24-15-20(27-10-5-6-11-27)16-8-7-9-17(12-16)30-4/h7-9,12,18,20H,5-6,10-11,13-15H2,1-4H3,(H,24,28)(H,25,29)/t18-,20-/m0/s1. The van der Waals surface area contributed by atoms with Crippen LogP contribution in [0.1, 0.15) is 51.6 Å². The Labute approximate surface area is 189 Å². The summed E-state index contributed by atoms with van der Waals surface area (Å²) in [6.45, 7) is 8.07. The third kappa shape index (κ3) is 6.85. The Morgan fingerprint density at radius 1 is 1.25 bits per heavy atom. The molecule has 3 rings (SSSR count). The third-order valence-corrected chi connectivity index (χ3v) is 5.38. The summed E-state index contributed by atoms with van der Waals surface area (Å²) in [5, 5.41) is 9.58. The van der Waals surface area contributed by atoms with E-state index in [4.69, 9.17) is 14.3 Å². The van der Waals surface area contributed by atoms with Gasteiger partial charge in [0.2, 0.25) is 0 Å². The topological polar surface area (TPSA) is 101 Å². The quantitative estimate of drug-likeness (QED) is 0.637. The van der Waals surface area contributed by atoms with Gasteiger partial charge in [0, 0.05) is 13.0 Å². The van der Waals surface area contributed by atoms with Crippen molar-refractivity contribution < 1.29 is 23.9 Å². The molecule has 2 heterocycles. The summed E-state index contributed by atoms with van der Waals surface area (Å²) in [6.07, 6.45) is 1.72. The number of hydrogen-bond acceptors (Lipinski definition) is 7. The minimum atomic E-state index is -0.573. The van der Waals surface area contributed by atoms with E-state index in [1.54, 1.807) is 27.9 Å². The molecular formula is C23H34N4O5. The molecule has 9 nitrogen and oxygen atoms in total. The smallest absolute Gasteiger partial charge is 0.407 e. The lowest BCUT2D eigenvalue weighted by atomic mass is 10.0. The summed E-state index contributed by atoms with van der Waals surface area (Å²) in [4.78, 5) is 32.2. The molecule has 1 fully saturated rings. The van der Waals surface area contributed by atoms with Gasteiger partial charge in [-0.3, -0.25) is 9.69 Å². The third-order valence-electron chi connectivity index (χ3n) is 5.38. The summed E-state index contributed by atoms with van der Waals surface area (Å²) in [7, 11) is 1.65. The predicted molar refractivity (Wildman–Crippen MR) is 121 cm³/mol. The van der Waals surface area contributed by atoms with Gasteiger partial charge in [-0.2, -0.15) is 0 Å². The first-order valence-corrected chi connectivity index (χ1v) is 11.1. The van der Waals surface area contributed by atoms with Crippen molar-refractivity contribution in [3.05, 3.63) is 29.8 Å². The molecule has 1 aromatic carbocycles. The van der Waals surface area contributed by atoms with Gasteiger partial charge in [-0.25, -0.2) is 4.79 Å². The average molecular weight is 447 g/mol. The van der Waals surface area contributed by atoms with Crippen molar-refractivity contribution in [3.63, 3.8) is 0 Å². The molecule has 0 bridgehead atoms. The van der Waals surface area contributed by atoms with Crippen molar-refractivity contribution in [3.8, 4) is 5.75 Å². The van der Waals surface area contributed by atoms with Crippen molar-refractivity contribution in [2.75, 3.05) is 33.3 Å². The molecule has 0 spiro atoms. The molecule has 0 radical (unpaired) electrons. The van der Waals surface area contributed by atoms with E-state index in [0.29, 0.717) is 18.7 Å². The molecule has 2 atom stereocenters. The fourth-order valence-corrected chi connectivity index (χ4v) is 3.83. The maximum absolute atomic E-state index is 12.7. The average Bonchev–Trinajstić information content (AvgIpc) is 3.44. The molecule has 0 aliphatic carbocycles. The number of alkyl carbamates (subject to hydrolysis) is 1. The molecule has 2 aliphatic heterocycles. The number of likely N-dealkylation sites (tertiary alicyclic amines) is 1. The van der Waals surface area contributed by atoms with E-state index in [0.717, 1.165) is 37.2 Å². The number of nitrogens with zero attached hydrogens (tertiary/aromatic N) is 2. The first-order chi connectivity index (χ1) is 15.2. The Hall–Kier alpha value is -2.81. The molecule has 2 amide bonds. The van der Waals surface area contributed by atoms with Crippen LogP contribution >= 0.6 is 0 Å². The van der Waals surface area contributed by atoms with Gasteiger partial charge in [-0.15, -0.1) is 0 Å². The van der Waals surface area contributed by atoms with Crippen LogP contribution in [0.4, 0.5) is 4.79 Å². The molecule has 1 saturated heterocycles. The number of hydrogen-bond donors (Lipinski definition) is 2. The van der Waals surface area contributed by atoms with Gasteiger partial charge in [-0.1, -0.05) is 17.3 Å². The molecule has 2 N–H and O–H groups in total. The molecule has 0 unspecified atom stereocenters. The van der Waals surface area contributed by atoms with Crippen LogP contribution in [0.3, 0.4) is 0 Å². The highest BCUT2D eigenvalue weighted by molar-refractivity contribution is 6.39. The lowest BCUT2D eigenvalue weighted by Crippen LogP contribution is -2.40. The van der Waals surface area contributed by atoms with E-state index >= 15 is 0 Å². The summed E-state index contributed by atoms with van der Waals surface area (Å²) in [5.74, 6) is 0.545. The number of benzene rings is 1. The molecule has 1 aromatic rings. The highest BCUT2D eigenvalue weighted by Gasteiger charge is 2.29. The molecule has 2 aliphatic rings. The maximum Gasteiger partial charge on any atom is 0.407 e. The van der Waals surface area contributed by atoms with Crippen molar-refractivity contribution in [1.29, 1.82) is 0 Å². The molecule has 0 aromatic heterocycles. The van der Waals surface area contributed by atoms with E-state index in [9.17, 15) is 9.59 Å². The van der Waals surface area contributed by atoms with E-state index in [-0.39, 0.29) is 18.5 Å². The minimum absolute atomic E-state index is 0.0594. The van der Waals surface area contributed by atoms with Crippen LogP contribution < -0.4 is 15.4 Å². The summed E-state index contributed by atoms with van der Waals surface area (Å²) < 4.78 is 10.6. The van der Waals surface area contributed by atoms with Crippen molar-refractivity contribution in [2.45, 2.75) is 57.8 Å². The zero-order valence-corrected chi connectivity index (χ0v) is 19.3. The van der Waals surface area contributed by atoms with Gasteiger partial charge in [-0.05, 0) is 64.4 Å². The number of rotatable bonds is 8. The summed E-state index contributed by atoms with van der Waals surface area (Å²) >= 11 is 0. The van der Waals surface area contributed by atoms with Crippen LogP contribution in [-0.4, -0.2) is 67.6 Å². The van der Waals surface area contributed by atoms with Crippen LogP contribution in [0.5, 0.6) is 5.75 Å². The van der Waals surface area contributed by atoms with E-state index in [1.165, 1.54) is 0 Å². The van der Waals surface area contributed by atoms with E-state index in [2.05, 4.69) is 26.8 Å². The molecule has 0 saturated carbocycles. The molecule has 32 heavy (non-hydrogen) atoms. The van der Waals surface area contributed by atoms with Gasteiger partial charge in [0.25, 0.3) is 5.91 Å². The number of carbonyl (C=O) groups is 2. The van der Waals surface area contributed by atoms with Crippen LogP contribution in [0.2, 0.25) is 0 Å². The van der Waals surface area contributed by atoms with Crippen LogP contribution in [0.25, 0.3) is 0 Å². The number of carbonyl (C=O) groups excluding carboxylic acids is 2. The number of amides is 2. The summed E-state index contributed by atoms with van der Waals surface area (Å²) in [5.41, 5.74) is 0.860. The molecule has 9 heteroatoms. The number of nitrogens with one attached hydrogen (secondary N) is 2. The Kier molecular flexibility index (Phi) is 7.95. The highest BCUT2D eigenvalue weighted by Crippen LogP contribution is 2.27. The highest BCUT2D eigenvalue weighted by atomic mass is 16.6. The fourth-order valence-electron chi connectivity index (χ4n) is 3.83. The van der Waals surface area contributed by atoms with Crippen LogP contribution in [-0.2, 0) is 14.4 Å². The first-order valence-electron chi connectivity index (χ1n) is 11.1. The second kappa shape index (κ2) is 10.7. The SMILES string of the molecule is COc1cccc([C@H](CNC(=O)C2=NO[C@H](CNC(=O)OC(C)(C)C)C2)N2CCCC2)c1. The lowest BCUT2D eigenvalue weighted by molar-refractivity contribution is -0.115. The van der Waals surface area contributed by atoms with Crippen LogP contribution in [0.15, 0.2) is 29.4 Å². The molecule has 176 valence electrons.